The van der Waals surface area contributed by atoms with Crippen molar-refractivity contribution < 1.29 is 19.1 Å². The van der Waals surface area contributed by atoms with E-state index in [9.17, 15) is 9.59 Å². The van der Waals surface area contributed by atoms with Crippen LogP contribution >= 0.6 is 0 Å². The second kappa shape index (κ2) is 6.97. The highest BCUT2D eigenvalue weighted by Gasteiger charge is 2.20. The van der Waals surface area contributed by atoms with E-state index < -0.39 is 6.04 Å². The summed E-state index contributed by atoms with van der Waals surface area (Å²) < 4.78 is 10.5. The maximum Gasteiger partial charge on any atom is 0.235 e. The molecule has 0 bridgehead atoms. The molecule has 2 aliphatic rings. The zero-order valence-corrected chi connectivity index (χ0v) is 13.1. The fraction of sp³-hybridized carbons (Fsp3) is 0.500. The third-order valence-corrected chi connectivity index (χ3v) is 4.06. The van der Waals surface area contributed by atoms with Crippen molar-refractivity contribution in [1.29, 1.82) is 0 Å². The first kappa shape index (κ1) is 15.8. The molecule has 2 heterocycles. The van der Waals surface area contributed by atoms with Crippen LogP contribution in [0.3, 0.4) is 0 Å². The Kier molecular flexibility index (Phi) is 4.78. The average molecular weight is 319 g/mol. The number of ketones is 1. The van der Waals surface area contributed by atoms with E-state index in [1.54, 1.807) is 25.1 Å². The summed E-state index contributed by atoms with van der Waals surface area (Å²) in [4.78, 5) is 26.1. The van der Waals surface area contributed by atoms with Crippen LogP contribution in [0.5, 0.6) is 11.5 Å². The lowest BCUT2D eigenvalue weighted by Gasteiger charge is -2.29. The Morgan fingerprint density at radius 3 is 2.78 bits per heavy atom. The number of fused-ring (bicyclic) bond motifs is 1. The van der Waals surface area contributed by atoms with Gasteiger partial charge in [0.15, 0.2) is 17.3 Å². The number of Topliss-reactive ketones (excluding diaryl/α,β-unsaturated/α-hetero) is 1. The van der Waals surface area contributed by atoms with Crippen LogP contribution in [0.2, 0.25) is 0 Å². The summed E-state index contributed by atoms with van der Waals surface area (Å²) in [6.45, 7) is 4.62. The van der Waals surface area contributed by atoms with Crippen LogP contribution < -0.4 is 20.1 Å². The molecule has 1 unspecified atom stereocenters. The SMILES string of the molecule is CC(NCNC(=O)CN1CCC1)C(=O)c1ccc2c(c1)OCO2. The molecule has 0 saturated carbocycles. The highest BCUT2D eigenvalue weighted by atomic mass is 16.7. The van der Waals surface area contributed by atoms with Gasteiger partial charge >= 0.3 is 0 Å². The van der Waals surface area contributed by atoms with Crippen LogP contribution in [-0.4, -0.2) is 55.7 Å². The molecule has 124 valence electrons. The average Bonchev–Trinajstić information content (AvgIpc) is 2.97. The zero-order chi connectivity index (χ0) is 16.2. The van der Waals surface area contributed by atoms with E-state index in [2.05, 4.69) is 15.5 Å². The van der Waals surface area contributed by atoms with Crippen LogP contribution in [-0.2, 0) is 4.79 Å². The number of carbonyl (C=O) groups excluding carboxylic acids is 2. The van der Waals surface area contributed by atoms with Gasteiger partial charge in [0, 0.05) is 5.56 Å². The van der Waals surface area contributed by atoms with Crippen molar-refractivity contribution in [3.63, 3.8) is 0 Å². The Balaban J connectivity index is 1.44. The number of amides is 1. The quantitative estimate of drug-likeness (QED) is 0.558. The Hall–Kier alpha value is -2.12. The fourth-order valence-electron chi connectivity index (χ4n) is 2.49. The number of likely N-dealkylation sites (tertiary alicyclic amines) is 1. The topological polar surface area (TPSA) is 79.9 Å². The largest absolute Gasteiger partial charge is 0.454 e. The van der Waals surface area contributed by atoms with Crippen LogP contribution in [0.15, 0.2) is 18.2 Å². The van der Waals surface area contributed by atoms with Gasteiger partial charge in [0.2, 0.25) is 12.7 Å². The summed E-state index contributed by atoms with van der Waals surface area (Å²) >= 11 is 0. The van der Waals surface area contributed by atoms with Gasteiger partial charge in [-0.15, -0.1) is 0 Å². The van der Waals surface area contributed by atoms with Crippen LogP contribution in [0.4, 0.5) is 0 Å². The molecule has 1 saturated heterocycles. The normalized spacial score (nSPS) is 17.4. The number of rotatable bonds is 7. The smallest absolute Gasteiger partial charge is 0.235 e. The third-order valence-electron chi connectivity index (χ3n) is 4.06. The minimum Gasteiger partial charge on any atom is -0.454 e. The monoisotopic (exact) mass is 319 g/mol. The Morgan fingerprint density at radius 2 is 2.04 bits per heavy atom. The molecule has 23 heavy (non-hydrogen) atoms. The Bertz CT molecular complexity index is 601. The van der Waals surface area contributed by atoms with Crippen molar-refractivity contribution in [2.24, 2.45) is 0 Å². The summed E-state index contributed by atoms with van der Waals surface area (Å²) in [6.07, 6.45) is 1.16. The fourth-order valence-corrected chi connectivity index (χ4v) is 2.49. The van der Waals surface area contributed by atoms with Gasteiger partial charge in [-0.2, -0.15) is 0 Å². The first-order valence-corrected chi connectivity index (χ1v) is 7.80. The number of carbonyl (C=O) groups is 2. The lowest BCUT2D eigenvalue weighted by atomic mass is 10.1. The molecule has 1 atom stereocenters. The summed E-state index contributed by atoms with van der Waals surface area (Å²) in [7, 11) is 0. The molecule has 1 fully saturated rings. The van der Waals surface area contributed by atoms with Gasteiger partial charge in [-0.1, -0.05) is 0 Å². The van der Waals surface area contributed by atoms with Crippen LogP contribution in [0.1, 0.15) is 23.7 Å². The molecule has 0 radical (unpaired) electrons. The predicted molar refractivity (Wildman–Crippen MR) is 83.6 cm³/mol. The van der Waals surface area contributed by atoms with E-state index in [0.717, 1.165) is 19.5 Å². The maximum atomic E-state index is 12.4. The van der Waals surface area contributed by atoms with Crippen molar-refractivity contribution in [2.75, 3.05) is 33.1 Å². The first-order chi connectivity index (χ1) is 11.1. The molecule has 0 aliphatic carbocycles. The minimum atomic E-state index is -0.403. The zero-order valence-electron chi connectivity index (χ0n) is 13.1. The summed E-state index contributed by atoms with van der Waals surface area (Å²) in [6, 6.07) is 4.73. The van der Waals surface area contributed by atoms with Crippen molar-refractivity contribution in [2.45, 2.75) is 19.4 Å². The second-order valence-electron chi connectivity index (χ2n) is 5.76. The molecule has 2 N–H and O–H groups in total. The molecule has 7 heteroatoms. The van der Waals surface area contributed by atoms with E-state index >= 15 is 0 Å². The van der Waals surface area contributed by atoms with E-state index in [4.69, 9.17) is 9.47 Å². The first-order valence-electron chi connectivity index (χ1n) is 7.80. The number of nitrogens with zero attached hydrogens (tertiary/aromatic N) is 1. The van der Waals surface area contributed by atoms with Crippen molar-refractivity contribution in [3.8, 4) is 11.5 Å². The van der Waals surface area contributed by atoms with Gasteiger partial charge < -0.3 is 14.8 Å². The Labute approximate surface area is 134 Å². The highest BCUT2D eigenvalue weighted by Crippen LogP contribution is 2.32. The minimum absolute atomic E-state index is 0.0278. The van der Waals surface area contributed by atoms with Crippen molar-refractivity contribution >= 4 is 11.7 Å². The number of ether oxygens (including phenoxy) is 2. The van der Waals surface area contributed by atoms with E-state index in [1.807, 2.05) is 0 Å². The van der Waals surface area contributed by atoms with E-state index in [1.165, 1.54) is 0 Å². The van der Waals surface area contributed by atoms with Gasteiger partial charge in [0.05, 0.1) is 19.3 Å². The summed E-state index contributed by atoms with van der Waals surface area (Å²) in [5.74, 6) is 1.16. The molecule has 1 aromatic carbocycles. The number of nitrogens with one attached hydrogen (secondary N) is 2. The van der Waals surface area contributed by atoms with Crippen LogP contribution in [0.25, 0.3) is 0 Å². The van der Waals surface area contributed by atoms with Gasteiger partial charge in [0.1, 0.15) is 0 Å². The van der Waals surface area contributed by atoms with Gasteiger partial charge in [-0.05, 0) is 44.6 Å². The molecular weight excluding hydrogens is 298 g/mol. The van der Waals surface area contributed by atoms with E-state index in [-0.39, 0.29) is 25.2 Å². The molecule has 3 rings (SSSR count). The molecule has 1 amide bonds. The third kappa shape index (κ3) is 3.80. The molecular formula is C16H21N3O4. The van der Waals surface area contributed by atoms with E-state index in [0.29, 0.717) is 23.6 Å². The highest BCUT2D eigenvalue weighted by molar-refractivity contribution is 6.00. The van der Waals surface area contributed by atoms with Gasteiger partial charge in [-0.25, -0.2) is 0 Å². The van der Waals surface area contributed by atoms with Crippen LogP contribution in [0, 0.1) is 0 Å². The van der Waals surface area contributed by atoms with Crippen molar-refractivity contribution in [3.05, 3.63) is 23.8 Å². The van der Waals surface area contributed by atoms with Gasteiger partial charge in [-0.3, -0.25) is 19.8 Å². The van der Waals surface area contributed by atoms with Gasteiger partial charge in [0.25, 0.3) is 0 Å². The molecule has 2 aliphatic heterocycles. The molecule has 0 aromatic heterocycles. The van der Waals surface area contributed by atoms with Crippen molar-refractivity contribution in [1.82, 2.24) is 15.5 Å². The maximum absolute atomic E-state index is 12.4. The summed E-state index contributed by atoms with van der Waals surface area (Å²) in [5.41, 5.74) is 0.557. The number of hydrogen-bond acceptors (Lipinski definition) is 6. The number of benzene rings is 1. The second-order valence-corrected chi connectivity index (χ2v) is 5.76. The predicted octanol–water partition coefficient (Wildman–Crippen LogP) is 0.356. The lowest BCUT2D eigenvalue weighted by Crippen LogP contribution is -2.48. The standard InChI is InChI=1S/C16H21N3O4/c1-11(17-9-18-15(20)8-19-5-2-6-19)16(21)12-3-4-13-14(7-12)23-10-22-13/h3-4,7,11,17H,2,5-6,8-10H2,1H3,(H,18,20). The summed E-state index contributed by atoms with van der Waals surface area (Å²) in [5, 5.41) is 5.79. The lowest BCUT2D eigenvalue weighted by molar-refractivity contribution is -0.123. The molecule has 7 nitrogen and oxygen atoms in total. The Morgan fingerprint density at radius 1 is 1.26 bits per heavy atom. The molecule has 0 spiro atoms. The molecule has 1 aromatic rings. The number of hydrogen-bond donors (Lipinski definition) is 2.